The van der Waals surface area contributed by atoms with Crippen molar-refractivity contribution in [3.05, 3.63) is 65.0 Å². The molecule has 1 amide bonds. The molecule has 0 unspecified atom stereocenters. The number of aryl methyl sites for hydroxylation is 2. The highest BCUT2D eigenvalue weighted by molar-refractivity contribution is 6.05. The van der Waals surface area contributed by atoms with Gasteiger partial charge in [-0.05, 0) is 55.7 Å². The minimum atomic E-state index is -0.204. The zero-order chi connectivity index (χ0) is 19.5. The van der Waals surface area contributed by atoms with Crippen LogP contribution in [-0.4, -0.2) is 20.7 Å². The highest BCUT2D eigenvalue weighted by Crippen LogP contribution is 2.27. The molecule has 28 heavy (non-hydrogen) atoms. The zero-order valence-electron chi connectivity index (χ0n) is 15.8. The van der Waals surface area contributed by atoms with Crippen LogP contribution in [0.15, 0.2) is 42.5 Å². The summed E-state index contributed by atoms with van der Waals surface area (Å²) in [6.07, 6.45) is 4.45. The van der Waals surface area contributed by atoms with E-state index in [2.05, 4.69) is 26.2 Å². The van der Waals surface area contributed by atoms with Gasteiger partial charge in [0.1, 0.15) is 5.82 Å². The van der Waals surface area contributed by atoms with Crippen LogP contribution < -0.4 is 5.32 Å². The molecule has 0 atom stereocenters. The predicted octanol–water partition coefficient (Wildman–Crippen LogP) is 4.10. The minimum absolute atomic E-state index is 0.204. The number of benzene rings is 2. The molecule has 1 aliphatic rings. The molecular formula is C22H21N5O. The van der Waals surface area contributed by atoms with Crippen molar-refractivity contribution in [2.24, 2.45) is 0 Å². The van der Waals surface area contributed by atoms with E-state index in [4.69, 9.17) is 5.26 Å². The first-order valence-corrected chi connectivity index (χ1v) is 9.50. The average Bonchev–Trinajstić information content (AvgIpc) is 2.97. The number of aromatic nitrogens is 3. The molecule has 4 rings (SSSR count). The fourth-order valence-corrected chi connectivity index (χ4v) is 3.48. The number of anilines is 1. The summed E-state index contributed by atoms with van der Waals surface area (Å²) < 4.78 is 2.20. The Kier molecular flexibility index (Phi) is 4.90. The second-order valence-corrected chi connectivity index (χ2v) is 7.08. The van der Waals surface area contributed by atoms with E-state index in [1.807, 2.05) is 25.1 Å². The van der Waals surface area contributed by atoms with Crippen molar-refractivity contribution in [1.29, 1.82) is 5.26 Å². The second-order valence-electron chi connectivity index (χ2n) is 7.08. The van der Waals surface area contributed by atoms with Crippen LogP contribution in [0.3, 0.4) is 0 Å². The topological polar surface area (TPSA) is 83.6 Å². The number of fused-ring (bicyclic) bond motifs is 1. The lowest BCUT2D eigenvalue weighted by atomic mass is 10.1. The molecule has 1 aliphatic heterocycles. The highest BCUT2D eigenvalue weighted by atomic mass is 16.1. The van der Waals surface area contributed by atoms with Gasteiger partial charge in [-0.15, -0.1) is 10.2 Å². The number of hydrogen-bond donors (Lipinski definition) is 1. The molecule has 140 valence electrons. The normalized spacial score (nSPS) is 13.3. The number of nitrogens with one attached hydrogen (secondary N) is 1. The largest absolute Gasteiger partial charge is 0.322 e. The van der Waals surface area contributed by atoms with Gasteiger partial charge in [-0.25, -0.2) is 0 Å². The molecule has 2 heterocycles. The molecule has 0 saturated heterocycles. The van der Waals surface area contributed by atoms with Crippen molar-refractivity contribution in [1.82, 2.24) is 14.8 Å². The van der Waals surface area contributed by atoms with Crippen LogP contribution in [0.25, 0.3) is 11.4 Å². The third kappa shape index (κ3) is 3.52. The van der Waals surface area contributed by atoms with E-state index in [1.54, 1.807) is 24.3 Å². The second kappa shape index (κ2) is 7.65. The Balaban J connectivity index is 1.62. The van der Waals surface area contributed by atoms with Crippen molar-refractivity contribution in [2.75, 3.05) is 5.32 Å². The fourth-order valence-electron chi connectivity index (χ4n) is 3.48. The van der Waals surface area contributed by atoms with Gasteiger partial charge in [0.15, 0.2) is 5.82 Å². The quantitative estimate of drug-likeness (QED) is 0.751. The SMILES string of the molecule is Cc1ccc(-c2nnc3n2CCCCC3)cc1NC(=O)c1ccc(C#N)cc1. The fraction of sp³-hybridized carbons (Fsp3) is 0.273. The molecule has 3 aromatic rings. The van der Waals surface area contributed by atoms with Crippen molar-refractivity contribution in [3.8, 4) is 17.5 Å². The first kappa shape index (κ1) is 17.9. The van der Waals surface area contributed by atoms with E-state index in [0.717, 1.165) is 54.3 Å². The standard InChI is InChI=1S/C22H21N5O/c1-15-6-9-18(21-26-25-20-5-3-2-4-12-27(20)21)13-19(15)24-22(28)17-10-7-16(14-23)8-11-17/h6-11,13H,2-5,12H2,1H3,(H,24,28). The molecule has 0 radical (unpaired) electrons. The van der Waals surface area contributed by atoms with Gasteiger partial charge in [-0.2, -0.15) is 5.26 Å². The maximum absolute atomic E-state index is 12.6. The van der Waals surface area contributed by atoms with E-state index in [9.17, 15) is 4.79 Å². The van der Waals surface area contributed by atoms with Crippen LogP contribution in [-0.2, 0) is 13.0 Å². The van der Waals surface area contributed by atoms with Gasteiger partial charge in [-0.3, -0.25) is 4.79 Å². The zero-order valence-corrected chi connectivity index (χ0v) is 15.8. The van der Waals surface area contributed by atoms with Crippen molar-refractivity contribution < 1.29 is 4.79 Å². The van der Waals surface area contributed by atoms with Crippen molar-refractivity contribution in [2.45, 2.75) is 39.2 Å². The summed E-state index contributed by atoms with van der Waals surface area (Å²) >= 11 is 0. The third-order valence-electron chi connectivity index (χ3n) is 5.13. The molecule has 0 spiro atoms. The summed E-state index contributed by atoms with van der Waals surface area (Å²) in [6.45, 7) is 2.89. The first-order valence-electron chi connectivity index (χ1n) is 9.50. The number of carbonyl (C=O) groups is 1. The van der Waals surface area contributed by atoms with Crippen LogP contribution in [0.4, 0.5) is 5.69 Å². The van der Waals surface area contributed by atoms with Crippen LogP contribution in [0, 0.1) is 18.3 Å². The summed E-state index contributed by atoms with van der Waals surface area (Å²) in [6, 6.07) is 14.6. The molecule has 6 nitrogen and oxygen atoms in total. The average molecular weight is 371 g/mol. The number of nitriles is 1. The number of amides is 1. The highest BCUT2D eigenvalue weighted by Gasteiger charge is 2.17. The van der Waals surface area contributed by atoms with E-state index in [1.165, 1.54) is 6.42 Å². The van der Waals surface area contributed by atoms with Gasteiger partial charge in [0.2, 0.25) is 0 Å². The van der Waals surface area contributed by atoms with Crippen LogP contribution >= 0.6 is 0 Å². The number of hydrogen-bond acceptors (Lipinski definition) is 4. The van der Waals surface area contributed by atoms with Crippen LogP contribution in [0.1, 0.15) is 46.6 Å². The van der Waals surface area contributed by atoms with Gasteiger partial charge >= 0.3 is 0 Å². The van der Waals surface area contributed by atoms with Crippen molar-refractivity contribution in [3.63, 3.8) is 0 Å². The molecule has 0 fully saturated rings. The van der Waals surface area contributed by atoms with Gasteiger partial charge in [-0.1, -0.05) is 18.6 Å². The van der Waals surface area contributed by atoms with Gasteiger partial charge in [0, 0.05) is 29.8 Å². The minimum Gasteiger partial charge on any atom is -0.322 e. The molecule has 1 aromatic heterocycles. The van der Waals surface area contributed by atoms with Crippen molar-refractivity contribution >= 4 is 11.6 Å². The Morgan fingerprint density at radius 1 is 1.11 bits per heavy atom. The molecular weight excluding hydrogens is 350 g/mol. The summed E-state index contributed by atoms with van der Waals surface area (Å²) in [5, 5.41) is 20.7. The van der Waals surface area contributed by atoms with Gasteiger partial charge < -0.3 is 9.88 Å². The van der Waals surface area contributed by atoms with E-state index in [-0.39, 0.29) is 5.91 Å². The van der Waals surface area contributed by atoms with Gasteiger partial charge in [0.25, 0.3) is 5.91 Å². The van der Waals surface area contributed by atoms with E-state index >= 15 is 0 Å². The predicted molar refractivity (Wildman–Crippen MR) is 107 cm³/mol. The lowest BCUT2D eigenvalue weighted by molar-refractivity contribution is 0.102. The number of rotatable bonds is 3. The Morgan fingerprint density at radius 3 is 2.71 bits per heavy atom. The molecule has 6 heteroatoms. The van der Waals surface area contributed by atoms with E-state index < -0.39 is 0 Å². The molecule has 0 bridgehead atoms. The van der Waals surface area contributed by atoms with Crippen LogP contribution in [0.5, 0.6) is 0 Å². The summed E-state index contributed by atoms with van der Waals surface area (Å²) in [4.78, 5) is 12.6. The lowest BCUT2D eigenvalue weighted by Crippen LogP contribution is -2.13. The van der Waals surface area contributed by atoms with Crippen LogP contribution in [0.2, 0.25) is 0 Å². The molecule has 0 aliphatic carbocycles. The Labute approximate surface area is 163 Å². The Hall–Kier alpha value is -3.46. The Morgan fingerprint density at radius 2 is 1.93 bits per heavy atom. The summed E-state index contributed by atoms with van der Waals surface area (Å²) in [7, 11) is 0. The van der Waals surface area contributed by atoms with Gasteiger partial charge in [0.05, 0.1) is 11.6 Å². The number of carbonyl (C=O) groups excluding carboxylic acids is 1. The summed E-state index contributed by atoms with van der Waals surface area (Å²) in [5.41, 5.74) is 3.71. The van der Waals surface area contributed by atoms with E-state index in [0.29, 0.717) is 11.1 Å². The third-order valence-corrected chi connectivity index (χ3v) is 5.13. The molecule has 2 aromatic carbocycles. The number of nitrogens with zero attached hydrogens (tertiary/aromatic N) is 4. The summed E-state index contributed by atoms with van der Waals surface area (Å²) in [5.74, 6) is 1.69. The lowest BCUT2D eigenvalue weighted by Gasteiger charge is -2.12. The maximum Gasteiger partial charge on any atom is 0.255 e. The molecule has 0 saturated carbocycles. The maximum atomic E-state index is 12.6. The monoisotopic (exact) mass is 371 g/mol. The molecule has 1 N–H and O–H groups in total. The first-order chi connectivity index (χ1) is 13.7. The Bertz CT molecular complexity index is 1060. The smallest absolute Gasteiger partial charge is 0.255 e.